The van der Waals surface area contributed by atoms with Crippen molar-refractivity contribution in [2.45, 2.75) is 31.9 Å². The summed E-state index contributed by atoms with van der Waals surface area (Å²) in [5.41, 5.74) is 0.637. The maximum Gasteiger partial charge on any atom is 0.251 e. The van der Waals surface area contributed by atoms with Crippen LogP contribution in [0.5, 0.6) is 5.75 Å². The summed E-state index contributed by atoms with van der Waals surface area (Å²) in [6.45, 7) is 3.39. The van der Waals surface area contributed by atoms with Crippen molar-refractivity contribution in [3.05, 3.63) is 52.2 Å². The zero-order valence-electron chi connectivity index (χ0n) is 13.2. The van der Waals surface area contributed by atoms with E-state index in [0.29, 0.717) is 12.2 Å². The number of hydrogen-bond acceptors (Lipinski definition) is 4. The molecule has 1 amide bonds. The van der Waals surface area contributed by atoms with Crippen LogP contribution < -0.4 is 10.1 Å². The normalized spacial score (nSPS) is 18.6. The zero-order valence-corrected chi connectivity index (χ0v) is 14.0. The maximum atomic E-state index is 12.3. The van der Waals surface area contributed by atoms with Gasteiger partial charge in [-0.1, -0.05) is 6.07 Å². The standard InChI is InChI=1S/C18H21NO3S/c1-13(17-5-3-11-23-17)19-18(20)14-6-8-15(9-7-14)22-12-16-4-2-10-21-16/h3,5-9,11,13,16H,2,4,10,12H2,1H3,(H,19,20)/t13-,16+/m0/s1. The van der Waals surface area contributed by atoms with Gasteiger partial charge in [-0.15, -0.1) is 11.3 Å². The van der Waals surface area contributed by atoms with Gasteiger partial charge >= 0.3 is 0 Å². The second-order valence-corrected chi connectivity index (χ2v) is 6.66. The number of ether oxygens (including phenoxy) is 2. The minimum absolute atomic E-state index is 0.0120. The third kappa shape index (κ3) is 4.33. The summed E-state index contributed by atoms with van der Waals surface area (Å²) >= 11 is 1.64. The lowest BCUT2D eigenvalue weighted by molar-refractivity contribution is 0.0679. The van der Waals surface area contributed by atoms with E-state index in [2.05, 4.69) is 5.32 Å². The number of rotatable bonds is 6. The van der Waals surface area contributed by atoms with Gasteiger partial charge in [0.1, 0.15) is 12.4 Å². The van der Waals surface area contributed by atoms with E-state index in [-0.39, 0.29) is 18.1 Å². The topological polar surface area (TPSA) is 47.6 Å². The van der Waals surface area contributed by atoms with E-state index in [9.17, 15) is 4.79 Å². The summed E-state index contributed by atoms with van der Waals surface area (Å²) in [4.78, 5) is 13.4. The molecule has 1 N–H and O–H groups in total. The van der Waals surface area contributed by atoms with Gasteiger partial charge < -0.3 is 14.8 Å². The predicted molar refractivity (Wildman–Crippen MR) is 91.1 cm³/mol. The van der Waals surface area contributed by atoms with Crippen LogP contribution in [0, 0.1) is 0 Å². The number of amides is 1. The Labute approximate surface area is 140 Å². The average Bonchev–Trinajstić information content (AvgIpc) is 3.26. The first kappa shape index (κ1) is 16.0. The molecule has 0 unspecified atom stereocenters. The Morgan fingerprint density at radius 3 is 2.87 bits per heavy atom. The van der Waals surface area contributed by atoms with Gasteiger partial charge in [-0.3, -0.25) is 4.79 Å². The fourth-order valence-electron chi connectivity index (χ4n) is 2.56. The van der Waals surface area contributed by atoms with E-state index in [4.69, 9.17) is 9.47 Å². The Hall–Kier alpha value is -1.85. The molecule has 0 bridgehead atoms. The van der Waals surface area contributed by atoms with Crippen molar-refractivity contribution in [2.75, 3.05) is 13.2 Å². The monoisotopic (exact) mass is 331 g/mol. The minimum atomic E-state index is -0.0726. The number of nitrogens with one attached hydrogen (secondary N) is 1. The lowest BCUT2D eigenvalue weighted by atomic mass is 10.2. The van der Waals surface area contributed by atoms with E-state index in [1.165, 1.54) is 0 Å². The van der Waals surface area contributed by atoms with Crippen LogP contribution in [-0.4, -0.2) is 25.2 Å². The van der Waals surface area contributed by atoms with Gasteiger partial charge in [0.2, 0.25) is 0 Å². The zero-order chi connectivity index (χ0) is 16.1. The summed E-state index contributed by atoms with van der Waals surface area (Å²) in [5.74, 6) is 0.694. The van der Waals surface area contributed by atoms with E-state index in [1.807, 2.05) is 36.6 Å². The van der Waals surface area contributed by atoms with Gasteiger partial charge in [0.25, 0.3) is 5.91 Å². The van der Waals surface area contributed by atoms with E-state index < -0.39 is 0 Å². The lowest BCUT2D eigenvalue weighted by Gasteiger charge is -2.13. The lowest BCUT2D eigenvalue weighted by Crippen LogP contribution is -2.26. The molecule has 122 valence electrons. The van der Waals surface area contributed by atoms with Gasteiger partial charge in [-0.05, 0) is 55.5 Å². The molecule has 1 saturated heterocycles. The van der Waals surface area contributed by atoms with Crippen LogP contribution in [0.4, 0.5) is 0 Å². The number of carbonyl (C=O) groups is 1. The Kier molecular flexibility index (Phi) is 5.31. The molecule has 2 heterocycles. The van der Waals surface area contributed by atoms with E-state index >= 15 is 0 Å². The Bertz CT molecular complexity index is 618. The molecule has 3 rings (SSSR count). The third-order valence-electron chi connectivity index (χ3n) is 3.89. The molecule has 5 heteroatoms. The van der Waals surface area contributed by atoms with Crippen molar-refractivity contribution in [3.63, 3.8) is 0 Å². The van der Waals surface area contributed by atoms with Crippen LogP contribution in [-0.2, 0) is 4.74 Å². The van der Waals surface area contributed by atoms with Crippen molar-refractivity contribution in [2.24, 2.45) is 0 Å². The highest BCUT2D eigenvalue weighted by molar-refractivity contribution is 7.10. The first-order valence-electron chi connectivity index (χ1n) is 7.91. The van der Waals surface area contributed by atoms with Crippen LogP contribution in [0.3, 0.4) is 0 Å². The summed E-state index contributed by atoms with van der Waals surface area (Å²) in [6.07, 6.45) is 2.36. The number of benzene rings is 1. The molecule has 1 fully saturated rings. The average molecular weight is 331 g/mol. The Morgan fingerprint density at radius 2 is 2.22 bits per heavy atom. The number of carbonyl (C=O) groups excluding carboxylic acids is 1. The molecule has 2 aromatic rings. The summed E-state index contributed by atoms with van der Waals surface area (Å²) in [7, 11) is 0. The first-order chi connectivity index (χ1) is 11.2. The van der Waals surface area contributed by atoms with E-state index in [0.717, 1.165) is 30.1 Å². The second kappa shape index (κ2) is 7.62. The molecule has 0 aliphatic carbocycles. The van der Waals surface area contributed by atoms with Gasteiger partial charge in [0.15, 0.2) is 0 Å². The highest BCUT2D eigenvalue weighted by Gasteiger charge is 2.16. The molecule has 0 saturated carbocycles. The first-order valence-corrected chi connectivity index (χ1v) is 8.79. The predicted octanol–water partition coefficient (Wildman–Crippen LogP) is 3.80. The van der Waals surface area contributed by atoms with Crippen LogP contribution >= 0.6 is 11.3 Å². The van der Waals surface area contributed by atoms with Crippen molar-refractivity contribution < 1.29 is 14.3 Å². The largest absolute Gasteiger partial charge is 0.491 e. The van der Waals surface area contributed by atoms with Crippen molar-refractivity contribution in [3.8, 4) is 5.75 Å². The molecule has 23 heavy (non-hydrogen) atoms. The molecule has 1 aliphatic heterocycles. The third-order valence-corrected chi connectivity index (χ3v) is 4.95. The van der Waals surface area contributed by atoms with Gasteiger partial charge in [0.05, 0.1) is 12.1 Å². The molecule has 2 atom stereocenters. The molecule has 4 nitrogen and oxygen atoms in total. The van der Waals surface area contributed by atoms with Crippen molar-refractivity contribution in [1.29, 1.82) is 0 Å². The molecule has 1 aromatic heterocycles. The molecule has 0 spiro atoms. The molecular weight excluding hydrogens is 310 g/mol. The molecule has 1 aromatic carbocycles. The highest BCUT2D eigenvalue weighted by Crippen LogP contribution is 2.20. The maximum absolute atomic E-state index is 12.3. The summed E-state index contributed by atoms with van der Waals surface area (Å²) in [6, 6.07) is 11.3. The van der Waals surface area contributed by atoms with Crippen LogP contribution in [0.1, 0.15) is 41.0 Å². The minimum Gasteiger partial charge on any atom is -0.491 e. The fraction of sp³-hybridized carbons (Fsp3) is 0.389. The van der Waals surface area contributed by atoms with Crippen molar-refractivity contribution in [1.82, 2.24) is 5.32 Å². The summed E-state index contributed by atoms with van der Waals surface area (Å²) < 4.78 is 11.2. The SMILES string of the molecule is C[C@H](NC(=O)c1ccc(OC[C@H]2CCCO2)cc1)c1cccs1. The Balaban J connectivity index is 1.52. The quantitative estimate of drug-likeness (QED) is 0.876. The van der Waals surface area contributed by atoms with Gasteiger partial charge in [0, 0.05) is 17.0 Å². The number of hydrogen-bond donors (Lipinski definition) is 1. The molecular formula is C18H21NO3S. The Morgan fingerprint density at radius 1 is 1.39 bits per heavy atom. The van der Waals surface area contributed by atoms with Gasteiger partial charge in [-0.25, -0.2) is 0 Å². The number of thiophene rings is 1. The molecule has 0 radical (unpaired) electrons. The van der Waals surface area contributed by atoms with E-state index in [1.54, 1.807) is 23.5 Å². The van der Waals surface area contributed by atoms with Gasteiger partial charge in [-0.2, -0.15) is 0 Å². The summed E-state index contributed by atoms with van der Waals surface area (Å²) in [5, 5.41) is 5.02. The smallest absolute Gasteiger partial charge is 0.251 e. The van der Waals surface area contributed by atoms with Crippen molar-refractivity contribution >= 4 is 17.2 Å². The highest BCUT2D eigenvalue weighted by atomic mass is 32.1. The molecule has 1 aliphatic rings. The fourth-order valence-corrected chi connectivity index (χ4v) is 3.29. The van der Waals surface area contributed by atoms with Crippen LogP contribution in [0.25, 0.3) is 0 Å². The van der Waals surface area contributed by atoms with Crippen LogP contribution in [0.15, 0.2) is 41.8 Å². The second-order valence-electron chi connectivity index (χ2n) is 5.68. The van der Waals surface area contributed by atoms with Crippen LogP contribution in [0.2, 0.25) is 0 Å².